The lowest BCUT2D eigenvalue weighted by Gasteiger charge is -2.27. The molecule has 11 heteroatoms. The van der Waals surface area contributed by atoms with Crippen LogP contribution < -0.4 is 5.32 Å². The molecule has 0 unspecified atom stereocenters. The molecule has 2 atom stereocenters. The van der Waals surface area contributed by atoms with Crippen molar-refractivity contribution in [3.8, 4) is 0 Å². The van der Waals surface area contributed by atoms with Gasteiger partial charge in [0, 0.05) is 18.5 Å². The van der Waals surface area contributed by atoms with E-state index in [-0.39, 0.29) is 42.4 Å². The first-order valence-corrected chi connectivity index (χ1v) is 10.8. The van der Waals surface area contributed by atoms with Crippen LogP contribution in [0, 0.1) is 5.82 Å². The number of nitrogens with one attached hydrogen (secondary N) is 1. The van der Waals surface area contributed by atoms with Crippen LogP contribution >= 0.6 is 0 Å². The Morgan fingerprint density at radius 3 is 2.59 bits per heavy atom. The minimum absolute atomic E-state index is 0.000633. The maximum absolute atomic E-state index is 12.9. The number of carbonyl (C=O) groups is 3. The normalized spacial score (nSPS) is 22.0. The summed E-state index contributed by atoms with van der Waals surface area (Å²) < 4.78 is 41.3. The minimum atomic E-state index is -3.22. The van der Waals surface area contributed by atoms with Crippen molar-refractivity contribution in [3.05, 3.63) is 30.1 Å². The lowest BCUT2D eigenvalue weighted by Crippen LogP contribution is -2.42. The van der Waals surface area contributed by atoms with Gasteiger partial charge in [0.15, 0.2) is 15.9 Å². The van der Waals surface area contributed by atoms with Crippen molar-refractivity contribution in [3.63, 3.8) is 0 Å². The Balaban J connectivity index is 1.62. The van der Waals surface area contributed by atoms with E-state index in [1.165, 1.54) is 31.2 Å². The average molecular weight is 425 g/mol. The fraction of sp³-hybridized carbons (Fsp3) is 0.444. The highest BCUT2D eigenvalue weighted by atomic mass is 32.2. The third-order valence-corrected chi connectivity index (χ3v) is 6.36. The number of ether oxygens (including phenoxy) is 1. The number of hydrogen-bond acceptors (Lipinski definition) is 7. The summed E-state index contributed by atoms with van der Waals surface area (Å²) in [5.41, 5.74) is 0.295. The van der Waals surface area contributed by atoms with E-state index in [9.17, 15) is 27.2 Å². The van der Waals surface area contributed by atoms with E-state index in [0.717, 1.165) is 5.01 Å². The van der Waals surface area contributed by atoms with Crippen molar-refractivity contribution < 1.29 is 31.9 Å². The molecule has 9 nitrogen and oxygen atoms in total. The van der Waals surface area contributed by atoms with E-state index in [1.54, 1.807) is 0 Å². The number of amides is 2. The number of hydrogen-bond donors (Lipinski definition) is 1. The summed E-state index contributed by atoms with van der Waals surface area (Å²) >= 11 is 0. The zero-order valence-electron chi connectivity index (χ0n) is 15.6. The van der Waals surface area contributed by atoms with Crippen LogP contribution in [-0.4, -0.2) is 60.6 Å². The fourth-order valence-corrected chi connectivity index (χ4v) is 4.72. The summed E-state index contributed by atoms with van der Waals surface area (Å²) in [4.78, 5) is 36.6. The predicted octanol–water partition coefficient (Wildman–Crippen LogP) is 0.861. The summed E-state index contributed by atoms with van der Waals surface area (Å²) in [5.74, 6) is -2.50. The first-order chi connectivity index (χ1) is 13.6. The topological polar surface area (TPSA) is 122 Å². The molecule has 1 aromatic carbocycles. The van der Waals surface area contributed by atoms with Crippen molar-refractivity contribution in [1.82, 2.24) is 5.01 Å². The lowest BCUT2D eigenvalue weighted by molar-refractivity contribution is -0.147. The highest BCUT2D eigenvalue weighted by Crippen LogP contribution is 2.22. The standard InChI is InChI=1S/C18H20FN3O6S/c1-11(17(24)20-13-4-2-12(19)3-5-13)28-18(25)15-6-7-16(23)22(21-15)14-8-9-29(26,27)10-14/h2-5,11,14H,6-10H2,1H3,(H,20,24)/t11-,14+/m1/s1. The molecule has 1 aromatic rings. The lowest BCUT2D eigenvalue weighted by atomic mass is 10.1. The van der Waals surface area contributed by atoms with Gasteiger partial charge in [-0.2, -0.15) is 5.10 Å². The smallest absolute Gasteiger partial charge is 0.355 e. The van der Waals surface area contributed by atoms with E-state index in [1.807, 2.05) is 0 Å². The molecule has 0 aromatic heterocycles. The van der Waals surface area contributed by atoms with Crippen molar-refractivity contribution in [2.24, 2.45) is 5.10 Å². The number of benzene rings is 1. The molecule has 2 heterocycles. The molecule has 2 amide bonds. The van der Waals surface area contributed by atoms with Gasteiger partial charge in [0.25, 0.3) is 5.91 Å². The largest absolute Gasteiger partial charge is 0.448 e. The minimum Gasteiger partial charge on any atom is -0.448 e. The third kappa shape index (κ3) is 5.17. The summed E-state index contributed by atoms with van der Waals surface area (Å²) in [6, 6.07) is 4.49. The number of carbonyl (C=O) groups excluding carboxylic acids is 3. The van der Waals surface area contributed by atoms with Gasteiger partial charge in [0.2, 0.25) is 5.91 Å². The Bertz CT molecular complexity index is 960. The van der Waals surface area contributed by atoms with Crippen LogP contribution in [0.4, 0.5) is 10.1 Å². The van der Waals surface area contributed by atoms with E-state index >= 15 is 0 Å². The Labute approximate surface area is 166 Å². The molecule has 2 aliphatic rings. The second kappa shape index (κ2) is 8.27. The molecular weight excluding hydrogens is 405 g/mol. The van der Waals surface area contributed by atoms with Gasteiger partial charge in [-0.05, 0) is 37.6 Å². The number of sulfone groups is 1. The van der Waals surface area contributed by atoms with Gasteiger partial charge in [-0.3, -0.25) is 9.59 Å². The Hall–Kier alpha value is -2.82. The number of rotatable bonds is 5. The fourth-order valence-electron chi connectivity index (χ4n) is 3.03. The van der Waals surface area contributed by atoms with Crippen molar-refractivity contribution in [2.45, 2.75) is 38.3 Å². The van der Waals surface area contributed by atoms with Gasteiger partial charge in [-0.1, -0.05) is 0 Å². The van der Waals surface area contributed by atoms with Crippen LogP contribution in [0.3, 0.4) is 0 Å². The van der Waals surface area contributed by atoms with Crippen molar-refractivity contribution >= 4 is 39.0 Å². The highest BCUT2D eigenvalue weighted by Gasteiger charge is 2.37. The zero-order chi connectivity index (χ0) is 21.2. The summed E-state index contributed by atoms with van der Waals surface area (Å²) in [6.45, 7) is 1.37. The first kappa shape index (κ1) is 20.9. The molecule has 0 saturated carbocycles. The average Bonchev–Trinajstić information content (AvgIpc) is 3.03. The Morgan fingerprint density at radius 1 is 1.28 bits per heavy atom. The van der Waals surface area contributed by atoms with E-state index in [0.29, 0.717) is 5.69 Å². The predicted molar refractivity (Wildman–Crippen MR) is 101 cm³/mol. The summed E-state index contributed by atoms with van der Waals surface area (Å²) in [7, 11) is -3.22. The van der Waals surface area contributed by atoms with Gasteiger partial charge in [0.1, 0.15) is 11.5 Å². The summed E-state index contributed by atoms with van der Waals surface area (Å²) in [6.07, 6.45) is -0.857. The van der Waals surface area contributed by atoms with E-state index in [2.05, 4.69) is 10.4 Å². The number of hydrazone groups is 1. The molecule has 29 heavy (non-hydrogen) atoms. The molecule has 1 N–H and O–H groups in total. The SMILES string of the molecule is C[C@@H](OC(=O)C1=NN([C@H]2CCS(=O)(=O)C2)C(=O)CC1)C(=O)Nc1ccc(F)cc1. The van der Waals surface area contributed by atoms with E-state index in [4.69, 9.17) is 4.74 Å². The van der Waals surface area contributed by atoms with Crippen LogP contribution in [0.1, 0.15) is 26.2 Å². The van der Waals surface area contributed by atoms with Gasteiger partial charge in [-0.15, -0.1) is 0 Å². The molecule has 1 fully saturated rings. The molecule has 0 radical (unpaired) electrons. The van der Waals surface area contributed by atoms with Gasteiger partial charge >= 0.3 is 5.97 Å². The molecule has 156 valence electrons. The Kier molecular flexibility index (Phi) is 5.96. The highest BCUT2D eigenvalue weighted by molar-refractivity contribution is 7.91. The molecule has 1 saturated heterocycles. The van der Waals surface area contributed by atoms with Crippen molar-refractivity contribution in [1.29, 1.82) is 0 Å². The number of esters is 1. The number of halogens is 1. The Morgan fingerprint density at radius 2 is 1.97 bits per heavy atom. The van der Waals surface area contributed by atoms with Crippen LogP contribution in [0.5, 0.6) is 0 Å². The molecule has 0 aliphatic carbocycles. The molecule has 3 rings (SSSR count). The van der Waals surface area contributed by atoms with Crippen LogP contribution in [0.15, 0.2) is 29.4 Å². The van der Waals surface area contributed by atoms with Crippen molar-refractivity contribution in [2.75, 3.05) is 16.8 Å². The quantitative estimate of drug-likeness (QED) is 0.699. The van der Waals surface area contributed by atoms with Gasteiger partial charge in [-0.25, -0.2) is 22.6 Å². The zero-order valence-corrected chi connectivity index (χ0v) is 16.4. The number of anilines is 1. The van der Waals surface area contributed by atoms with Gasteiger partial charge in [0.05, 0.1) is 17.5 Å². The summed E-state index contributed by atoms with van der Waals surface area (Å²) in [5, 5.41) is 7.55. The maximum Gasteiger partial charge on any atom is 0.355 e. The van der Waals surface area contributed by atoms with Gasteiger partial charge < -0.3 is 10.1 Å². The molecule has 2 aliphatic heterocycles. The van der Waals surface area contributed by atoms with Crippen LogP contribution in [0.2, 0.25) is 0 Å². The van der Waals surface area contributed by atoms with Crippen LogP contribution in [0.25, 0.3) is 0 Å². The maximum atomic E-state index is 12.9. The molecule has 0 spiro atoms. The monoisotopic (exact) mass is 425 g/mol. The molecular formula is C18H20FN3O6S. The second-order valence-corrected chi connectivity index (χ2v) is 9.11. The third-order valence-electron chi connectivity index (χ3n) is 4.61. The van der Waals surface area contributed by atoms with E-state index < -0.39 is 39.7 Å². The molecule has 0 bridgehead atoms. The first-order valence-electron chi connectivity index (χ1n) is 9.02. The van der Waals surface area contributed by atoms with Crippen LogP contribution in [-0.2, 0) is 29.0 Å². The number of nitrogens with zero attached hydrogens (tertiary/aromatic N) is 2. The second-order valence-electron chi connectivity index (χ2n) is 6.89.